The van der Waals surface area contributed by atoms with Gasteiger partial charge in [0.15, 0.2) is 5.60 Å². The first-order valence-corrected chi connectivity index (χ1v) is 8.53. The van der Waals surface area contributed by atoms with Crippen molar-refractivity contribution in [3.63, 3.8) is 0 Å². The highest BCUT2D eigenvalue weighted by molar-refractivity contribution is 5.89. The Balaban J connectivity index is 1.91. The zero-order valence-corrected chi connectivity index (χ0v) is 14.4. The molecule has 2 saturated heterocycles. The summed E-state index contributed by atoms with van der Waals surface area (Å²) in [6.45, 7) is 6.71. The molecule has 1 N–H and O–H groups in total. The van der Waals surface area contributed by atoms with Gasteiger partial charge >= 0.3 is 11.9 Å². The molecule has 0 aliphatic carbocycles. The average molecular weight is 335 g/mol. The third-order valence-electron chi connectivity index (χ3n) is 5.55. The predicted octanol–water partition coefficient (Wildman–Crippen LogP) is 1.19. The fraction of sp³-hybridized carbons (Fsp3) is 0.667. The first kappa shape index (κ1) is 17.2. The molecule has 2 fully saturated rings. The molecule has 0 aromatic rings. The van der Waals surface area contributed by atoms with Gasteiger partial charge in [-0.15, -0.1) is 0 Å². The highest BCUT2D eigenvalue weighted by Crippen LogP contribution is 2.34. The maximum absolute atomic E-state index is 12.5. The Bertz CT molecular complexity index is 607. The van der Waals surface area contributed by atoms with Crippen molar-refractivity contribution in [2.75, 3.05) is 19.7 Å². The molecule has 0 radical (unpaired) electrons. The smallest absolute Gasteiger partial charge is 0.338 e. The van der Waals surface area contributed by atoms with E-state index in [-0.39, 0.29) is 31.1 Å². The molecule has 3 aliphatic rings. The van der Waals surface area contributed by atoms with E-state index < -0.39 is 17.5 Å². The van der Waals surface area contributed by atoms with E-state index >= 15 is 0 Å². The third kappa shape index (κ3) is 2.89. The minimum absolute atomic E-state index is 0.0262. The van der Waals surface area contributed by atoms with Crippen LogP contribution >= 0.6 is 0 Å². The zero-order valence-electron chi connectivity index (χ0n) is 14.4. The van der Waals surface area contributed by atoms with Crippen LogP contribution in [-0.4, -0.2) is 59.4 Å². The molecule has 0 amide bonds. The highest BCUT2D eigenvalue weighted by atomic mass is 16.6. The average Bonchev–Trinajstić information content (AvgIpc) is 3.12. The van der Waals surface area contributed by atoms with Crippen LogP contribution in [0, 0.1) is 5.92 Å². The number of carbonyl (C=O) groups is 2. The van der Waals surface area contributed by atoms with Crippen LogP contribution in [0.2, 0.25) is 0 Å². The lowest BCUT2D eigenvalue weighted by Crippen LogP contribution is -2.45. The summed E-state index contributed by atoms with van der Waals surface area (Å²) in [5.41, 5.74) is -0.218. The van der Waals surface area contributed by atoms with Crippen LogP contribution in [0.1, 0.15) is 33.6 Å². The lowest BCUT2D eigenvalue weighted by molar-refractivity contribution is -0.169. The molecule has 3 aliphatic heterocycles. The maximum Gasteiger partial charge on any atom is 0.338 e. The van der Waals surface area contributed by atoms with E-state index in [1.54, 1.807) is 19.9 Å². The molecule has 24 heavy (non-hydrogen) atoms. The van der Waals surface area contributed by atoms with Gasteiger partial charge in [-0.1, -0.05) is 19.1 Å². The minimum Gasteiger partial charge on any atom is -0.459 e. The van der Waals surface area contributed by atoms with Crippen molar-refractivity contribution in [3.05, 3.63) is 23.3 Å². The van der Waals surface area contributed by atoms with E-state index in [0.29, 0.717) is 5.57 Å². The van der Waals surface area contributed by atoms with Crippen molar-refractivity contribution in [2.24, 2.45) is 5.92 Å². The largest absolute Gasteiger partial charge is 0.459 e. The molecule has 4 atom stereocenters. The lowest BCUT2D eigenvalue weighted by atomic mass is 9.85. The van der Waals surface area contributed by atoms with Crippen LogP contribution in [0.5, 0.6) is 0 Å². The highest BCUT2D eigenvalue weighted by Gasteiger charge is 2.45. The van der Waals surface area contributed by atoms with Gasteiger partial charge in [-0.3, -0.25) is 4.90 Å². The van der Waals surface area contributed by atoms with E-state index in [0.717, 1.165) is 25.1 Å². The molecule has 3 heterocycles. The van der Waals surface area contributed by atoms with Crippen LogP contribution in [0.3, 0.4) is 0 Å². The molecule has 6 nitrogen and oxygen atoms in total. The second-order valence-corrected chi connectivity index (χ2v) is 7.09. The molecule has 3 rings (SSSR count). The van der Waals surface area contributed by atoms with Crippen molar-refractivity contribution in [3.8, 4) is 0 Å². The number of rotatable bonds is 0. The molecule has 132 valence electrons. The topological polar surface area (TPSA) is 76.1 Å². The Morgan fingerprint density at radius 3 is 2.88 bits per heavy atom. The first-order chi connectivity index (χ1) is 11.3. The molecule has 6 heteroatoms. The summed E-state index contributed by atoms with van der Waals surface area (Å²) in [5, 5.41) is 10.6. The Morgan fingerprint density at radius 1 is 1.42 bits per heavy atom. The van der Waals surface area contributed by atoms with E-state index in [9.17, 15) is 14.7 Å². The van der Waals surface area contributed by atoms with Crippen molar-refractivity contribution < 1.29 is 24.2 Å². The SMILES string of the molecule is C/C=C1/C[C@H](C)[C@@](C)(O)C(=O)OCC2=CCN3CC[C@@H](OC1=O)[C@H]23. The number of hydrogen-bond donors (Lipinski definition) is 1. The fourth-order valence-corrected chi connectivity index (χ4v) is 3.68. The van der Waals surface area contributed by atoms with Gasteiger partial charge in [0.25, 0.3) is 0 Å². The van der Waals surface area contributed by atoms with Gasteiger partial charge < -0.3 is 14.6 Å². The summed E-state index contributed by atoms with van der Waals surface area (Å²) in [6, 6.07) is -0.0262. The fourth-order valence-electron chi connectivity index (χ4n) is 3.68. The Morgan fingerprint density at radius 2 is 2.17 bits per heavy atom. The number of esters is 2. The number of allylic oxidation sites excluding steroid dienone is 1. The first-order valence-electron chi connectivity index (χ1n) is 8.53. The van der Waals surface area contributed by atoms with Crippen molar-refractivity contribution in [2.45, 2.75) is 51.4 Å². The van der Waals surface area contributed by atoms with Gasteiger partial charge in [0, 0.05) is 18.7 Å². The minimum atomic E-state index is -1.65. The van der Waals surface area contributed by atoms with Crippen molar-refractivity contribution >= 4 is 11.9 Å². The Hall–Kier alpha value is -1.66. The second kappa shape index (κ2) is 6.33. The lowest BCUT2D eigenvalue weighted by Gasteiger charge is -2.31. The second-order valence-electron chi connectivity index (χ2n) is 7.09. The molecule has 0 saturated carbocycles. The number of aliphatic hydroxyl groups is 1. The van der Waals surface area contributed by atoms with Gasteiger partial charge in [-0.25, -0.2) is 9.59 Å². The summed E-state index contributed by atoms with van der Waals surface area (Å²) in [7, 11) is 0. The predicted molar refractivity (Wildman–Crippen MR) is 87.1 cm³/mol. The number of carbonyl (C=O) groups excluding carboxylic acids is 2. The summed E-state index contributed by atoms with van der Waals surface area (Å²) < 4.78 is 11.2. The van der Waals surface area contributed by atoms with Gasteiger partial charge in [0.05, 0.1) is 6.04 Å². The number of nitrogens with zero attached hydrogens (tertiary/aromatic N) is 1. The molecule has 0 unspecified atom stereocenters. The molecule has 0 bridgehead atoms. The third-order valence-corrected chi connectivity index (χ3v) is 5.55. The summed E-state index contributed by atoms with van der Waals surface area (Å²) in [4.78, 5) is 27.1. The quantitative estimate of drug-likeness (QED) is 0.407. The molecule has 0 spiro atoms. The van der Waals surface area contributed by atoms with Crippen LogP contribution in [0.25, 0.3) is 0 Å². The van der Waals surface area contributed by atoms with Crippen LogP contribution in [0.4, 0.5) is 0 Å². The van der Waals surface area contributed by atoms with Crippen LogP contribution in [0.15, 0.2) is 23.3 Å². The molecular weight excluding hydrogens is 310 g/mol. The van der Waals surface area contributed by atoms with Crippen LogP contribution < -0.4 is 0 Å². The van der Waals surface area contributed by atoms with E-state index in [1.807, 2.05) is 6.08 Å². The Kier molecular flexibility index (Phi) is 4.53. The molecule has 0 aromatic carbocycles. The summed E-state index contributed by atoms with van der Waals surface area (Å²) >= 11 is 0. The maximum atomic E-state index is 12.5. The molecular formula is C18H25NO5. The summed E-state index contributed by atoms with van der Waals surface area (Å²) in [6.07, 6.45) is 4.56. The van der Waals surface area contributed by atoms with Crippen molar-refractivity contribution in [1.29, 1.82) is 0 Å². The zero-order chi connectivity index (χ0) is 17.5. The molecule has 0 aromatic heterocycles. The van der Waals surface area contributed by atoms with E-state index in [2.05, 4.69) is 4.90 Å². The normalized spacial score (nSPS) is 39.6. The number of hydrogen-bond acceptors (Lipinski definition) is 6. The number of ether oxygens (including phenoxy) is 2. The van der Waals surface area contributed by atoms with Crippen molar-refractivity contribution in [1.82, 2.24) is 4.90 Å². The van der Waals surface area contributed by atoms with E-state index in [1.165, 1.54) is 6.92 Å². The van der Waals surface area contributed by atoms with Gasteiger partial charge in [0.1, 0.15) is 12.7 Å². The standard InChI is InChI=1S/C18H25NO5/c1-4-12-9-11(2)18(3,22)17(21)23-10-13-5-7-19-8-6-14(15(13)19)24-16(12)20/h4-5,11,14-15,22H,6-10H2,1-3H3/b12-4-/t11-,14+,15-,18+/m0/s1. The Labute approximate surface area is 142 Å². The van der Waals surface area contributed by atoms with Gasteiger partial charge in [0.2, 0.25) is 0 Å². The van der Waals surface area contributed by atoms with Gasteiger partial charge in [-0.05, 0) is 38.2 Å². The van der Waals surface area contributed by atoms with Gasteiger partial charge in [-0.2, -0.15) is 0 Å². The monoisotopic (exact) mass is 335 g/mol. The number of cyclic esters (lactones) is 1. The van der Waals surface area contributed by atoms with Crippen LogP contribution in [-0.2, 0) is 19.1 Å². The van der Waals surface area contributed by atoms with E-state index in [4.69, 9.17) is 9.47 Å². The summed E-state index contributed by atoms with van der Waals surface area (Å²) in [5.74, 6) is -1.46.